The van der Waals surface area contributed by atoms with Crippen LogP contribution < -0.4 is 5.32 Å². The van der Waals surface area contributed by atoms with E-state index in [1.165, 1.54) is 27.9 Å². The van der Waals surface area contributed by atoms with Crippen molar-refractivity contribution in [3.05, 3.63) is 63.1 Å². The second kappa shape index (κ2) is 5.79. The maximum Gasteiger partial charge on any atom is 0.0519 e. The van der Waals surface area contributed by atoms with E-state index in [2.05, 4.69) is 85.3 Å². The monoisotopic (exact) mass is 317 g/mol. The van der Waals surface area contributed by atoms with Crippen molar-refractivity contribution < 1.29 is 0 Å². The summed E-state index contributed by atoms with van der Waals surface area (Å²) in [5.74, 6) is 0. The predicted octanol–water partition coefficient (Wildman–Crippen LogP) is 5.55. The third kappa shape index (κ3) is 3.38. The van der Waals surface area contributed by atoms with Crippen LogP contribution in [0.25, 0.3) is 0 Å². The summed E-state index contributed by atoms with van der Waals surface area (Å²) in [6.45, 7) is 8.58. The molecule has 1 nitrogen and oxygen atoms in total. The zero-order chi connectivity index (χ0) is 14.0. The van der Waals surface area contributed by atoms with Gasteiger partial charge in [0.15, 0.2) is 0 Å². The first-order chi connectivity index (χ1) is 8.97. The minimum absolute atomic E-state index is 0.289. The minimum atomic E-state index is 0.289. The van der Waals surface area contributed by atoms with Crippen LogP contribution in [0.15, 0.2) is 40.9 Å². The first-order valence-electron chi connectivity index (χ1n) is 6.57. The van der Waals surface area contributed by atoms with Gasteiger partial charge in [-0.3, -0.25) is 0 Å². The molecule has 2 aromatic carbocycles. The average Bonchev–Trinajstić information content (AvgIpc) is 2.33. The molecule has 1 atom stereocenters. The smallest absolute Gasteiger partial charge is 0.0519 e. The summed E-state index contributed by atoms with van der Waals surface area (Å²) in [6, 6.07) is 13.3. The van der Waals surface area contributed by atoms with Crippen molar-refractivity contribution in [3.8, 4) is 0 Å². The topological polar surface area (TPSA) is 12.0 Å². The van der Waals surface area contributed by atoms with Crippen molar-refractivity contribution in [3.63, 3.8) is 0 Å². The van der Waals surface area contributed by atoms with Crippen LogP contribution in [0.2, 0.25) is 0 Å². The fourth-order valence-corrected chi connectivity index (χ4v) is 3.13. The normalized spacial score (nSPS) is 12.3. The van der Waals surface area contributed by atoms with Crippen LogP contribution in [0.5, 0.6) is 0 Å². The fourth-order valence-electron chi connectivity index (χ4n) is 2.34. The van der Waals surface area contributed by atoms with Gasteiger partial charge in [0.05, 0.1) is 5.69 Å². The van der Waals surface area contributed by atoms with Crippen LogP contribution in [0.3, 0.4) is 0 Å². The third-order valence-electron chi connectivity index (χ3n) is 3.33. The van der Waals surface area contributed by atoms with E-state index in [0.717, 1.165) is 4.47 Å². The van der Waals surface area contributed by atoms with Crippen molar-refractivity contribution >= 4 is 21.6 Å². The molecule has 0 aliphatic heterocycles. The van der Waals surface area contributed by atoms with Gasteiger partial charge in [-0.25, -0.2) is 0 Å². The second-order valence-corrected chi connectivity index (χ2v) is 6.07. The summed E-state index contributed by atoms with van der Waals surface area (Å²) in [4.78, 5) is 0. The number of halogens is 1. The molecule has 0 amide bonds. The van der Waals surface area contributed by atoms with Crippen LogP contribution >= 0.6 is 15.9 Å². The summed E-state index contributed by atoms with van der Waals surface area (Å²) >= 11 is 3.65. The Bertz CT molecular complexity index is 567. The molecule has 0 saturated carbocycles. The summed E-state index contributed by atoms with van der Waals surface area (Å²) in [5.41, 5.74) is 6.34. The van der Waals surface area contributed by atoms with E-state index >= 15 is 0 Å². The molecule has 100 valence electrons. The lowest BCUT2D eigenvalue weighted by Gasteiger charge is -2.19. The molecule has 0 spiro atoms. The highest BCUT2D eigenvalue weighted by molar-refractivity contribution is 9.10. The number of hydrogen-bond donors (Lipinski definition) is 1. The molecule has 19 heavy (non-hydrogen) atoms. The van der Waals surface area contributed by atoms with Crippen LogP contribution in [-0.4, -0.2) is 0 Å². The first kappa shape index (κ1) is 14.1. The van der Waals surface area contributed by atoms with Crippen molar-refractivity contribution in [1.29, 1.82) is 0 Å². The van der Waals surface area contributed by atoms with E-state index in [4.69, 9.17) is 0 Å². The van der Waals surface area contributed by atoms with Crippen molar-refractivity contribution in [2.75, 3.05) is 5.32 Å². The molecular weight excluding hydrogens is 298 g/mol. The number of hydrogen-bond acceptors (Lipinski definition) is 1. The van der Waals surface area contributed by atoms with Crippen molar-refractivity contribution in [2.45, 2.75) is 33.7 Å². The van der Waals surface area contributed by atoms with Gasteiger partial charge in [0.25, 0.3) is 0 Å². The number of aryl methyl sites for hydroxylation is 3. The molecule has 0 aliphatic carbocycles. The fraction of sp³-hybridized carbons (Fsp3) is 0.294. The van der Waals surface area contributed by atoms with Gasteiger partial charge in [0, 0.05) is 10.5 Å². The molecule has 0 heterocycles. The molecule has 2 rings (SSSR count). The Kier molecular flexibility index (Phi) is 4.31. The lowest BCUT2D eigenvalue weighted by Crippen LogP contribution is -2.08. The summed E-state index contributed by atoms with van der Waals surface area (Å²) in [5, 5.41) is 3.60. The van der Waals surface area contributed by atoms with Gasteiger partial charge in [0.1, 0.15) is 0 Å². The number of benzene rings is 2. The molecule has 0 radical (unpaired) electrons. The Labute approximate surface area is 124 Å². The standard InChI is InChI=1S/C17H20BrN/c1-11-6-5-7-15(9-11)14(4)19-17-13(3)8-12(2)10-16(17)18/h5-10,14,19H,1-4H3. The largest absolute Gasteiger partial charge is 0.377 e. The molecule has 2 heteroatoms. The summed E-state index contributed by atoms with van der Waals surface area (Å²) < 4.78 is 1.13. The molecule has 0 aliphatic rings. The first-order valence-corrected chi connectivity index (χ1v) is 7.36. The van der Waals surface area contributed by atoms with E-state index in [-0.39, 0.29) is 6.04 Å². The molecule has 0 aromatic heterocycles. The molecular formula is C17H20BrN. The van der Waals surface area contributed by atoms with Gasteiger partial charge in [-0.15, -0.1) is 0 Å². The van der Waals surface area contributed by atoms with Crippen LogP contribution in [0, 0.1) is 20.8 Å². The van der Waals surface area contributed by atoms with Gasteiger partial charge in [-0.05, 0) is 66.4 Å². The SMILES string of the molecule is Cc1cccc(C(C)Nc2c(C)cc(C)cc2Br)c1. The Morgan fingerprint density at radius 3 is 2.37 bits per heavy atom. The molecule has 0 fully saturated rings. The average molecular weight is 318 g/mol. The maximum atomic E-state index is 3.65. The maximum absolute atomic E-state index is 3.65. The number of nitrogens with one attached hydrogen (secondary N) is 1. The number of rotatable bonds is 3. The van der Waals surface area contributed by atoms with Gasteiger partial charge >= 0.3 is 0 Å². The highest BCUT2D eigenvalue weighted by atomic mass is 79.9. The van der Waals surface area contributed by atoms with E-state index in [1.54, 1.807) is 0 Å². The number of anilines is 1. The quantitative estimate of drug-likeness (QED) is 0.782. The minimum Gasteiger partial charge on any atom is -0.377 e. The lowest BCUT2D eigenvalue weighted by atomic mass is 10.0. The highest BCUT2D eigenvalue weighted by Crippen LogP contribution is 2.31. The molecule has 1 unspecified atom stereocenters. The zero-order valence-electron chi connectivity index (χ0n) is 11.9. The van der Waals surface area contributed by atoms with E-state index < -0.39 is 0 Å². The van der Waals surface area contributed by atoms with Crippen molar-refractivity contribution in [1.82, 2.24) is 0 Å². The Morgan fingerprint density at radius 1 is 1.00 bits per heavy atom. The Morgan fingerprint density at radius 2 is 1.74 bits per heavy atom. The Hall–Kier alpha value is -1.28. The summed E-state index contributed by atoms with van der Waals surface area (Å²) in [7, 11) is 0. The van der Waals surface area contributed by atoms with E-state index in [0.29, 0.717) is 0 Å². The van der Waals surface area contributed by atoms with Crippen LogP contribution in [-0.2, 0) is 0 Å². The predicted molar refractivity (Wildman–Crippen MR) is 86.8 cm³/mol. The Balaban J connectivity index is 2.26. The molecule has 1 N–H and O–H groups in total. The van der Waals surface area contributed by atoms with E-state index in [1.807, 2.05) is 0 Å². The van der Waals surface area contributed by atoms with Crippen molar-refractivity contribution in [2.24, 2.45) is 0 Å². The molecule has 0 bridgehead atoms. The van der Waals surface area contributed by atoms with Gasteiger partial charge < -0.3 is 5.32 Å². The molecule has 2 aromatic rings. The van der Waals surface area contributed by atoms with Gasteiger partial charge in [-0.1, -0.05) is 35.9 Å². The highest BCUT2D eigenvalue weighted by Gasteiger charge is 2.10. The summed E-state index contributed by atoms with van der Waals surface area (Å²) in [6.07, 6.45) is 0. The molecule has 0 saturated heterocycles. The van der Waals surface area contributed by atoms with Crippen LogP contribution in [0.1, 0.15) is 35.2 Å². The second-order valence-electron chi connectivity index (χ2n) is 5.22. The zero-order valence-corrected chi connectivity index (χ0v) is 13.5. The lowest BCUT2D eigenvalue weighted by molar-refractivity contribution is 0.879. The van der Waals surface area contributed by atoms with Gasteiger partial charge in [-0.2, -0.15) is 0 Å². The third-order valence-corrected chi connectivity index (χ3v) is 3.96. The van der Waals surface area contributed by atoms with E-state index in [9.17, 15) is 0 Å². The van der Waals surface area contributed by atoms with Crippen LogP contribution in [0.4, 0.5) is 5.69 Å². The van der Waals surface area contributed by atoms with Gasteiger partial charge in [0.2, 0.25) is 0 Å².